The summed E-state index contributed by atoms with van der Waals surface area (Å²) in [6.07, 6.45) is 1.59. The second kappa shape index (κ2) is 4.07. The maximum Gasteiger partial charge on any atom is 0.217 e. The number of hydrogen-bond donors (Lipinski definition) is 1. The van der Waals surface area contributed by atoms with Gasteiger partial charge in [-0.25, -0.2) is 4.68 Å². The summed E-state index contributed by atoms with van der Waals surface area (Å²) in [7, 11) is 0. The lowest BCUT2D eigenvalue weighted by atomic mass is 10.1. The molecule has 0 aliphatic heterocycles. The largest absolute Gasteiger partial charge is 0.493 e. The molecule has 1 heterocycles. The summed E-state index contributed by atoms with van der Waals surface area (Å²) in [5, 5.41) is 22.5. The lowest BCUT2D eigenvalue weighted by Gasteiger charge is -2.00. The van der Waals surface area contributed by atoms with E-state index in [2.05, 4.69) is 12.0 Å². The molecule has 1 aromatic heterocycles. The SMILES string of the molecule is [CH2]Cn1ncc(-c2ccc(C#N)cc2)c1O. The Kier molecular flexibility index (Phi) is 2.61. The van der Waals surface area contributed by atoms with Gasteiger partial charge in [0, 0.05) is 6.54 Å². The average molecular weight is 212 g/mol. The zero-order chi connectivity index (χ0) is 11.5. The molecule has 0 atom stereocenters. The molecule has 1 N–H and O–H groups in total. The van der Waals surface area contributed by atoms with E-state index < -0.39 is 0 Å². The molecule has 1 radical (unpaired) electrons. The number of aromatic hydroxyl groups is 1. The molecular formula is C12H10N3O. The van der Waals surface area contributed by atoms with Crippen LogP contribution in [0.2, 0.25) is 0 Å². The molecule has 0 saturated carbocycles. The van der Waals surface area contributed by atoms with Gasteiger partial charge in [-0.15, -0.1) is 0 Å². The lowest BCUT2D eigenvalue weighted by Crippen LogP contribution is -1.94. The summed E-state index contributed by atoms with van der Waals surface area (Å²) in [4.78, 5) is 0. The van der Waals surface area contributed by atoms with Gasteiger partial charge in [0.15, 0.2) is 0 Å². The first kappa shape index (κ1) is 10.2. The Morgan fingerprint density at radius 3 is 2.56 bits per heavy atom. The molecule has 0 unspecified atom stereocenters. The van der Waals surface area contributed by atoms with E-state index >= 15 is 0 Å². The smallest absolute Gasteiger partial charge is 0.217 e. The highest BCUT2D eigenvalue weighted by Crippen LogP contribution is 2.28. The Morgan fingerprint density at radius 2 is 2.06 bits per heavy atom. The van der Waals surface area contributed by atoms with E-state index in [0.717, 1.165) is 5.56 Å². The van der Waals surface area contributed by atoms with Gasteiger partial charge in [-0.05, 0) is 24.6 Å². The van der Waals surface area contributed by atoms with Crippen LogP contribution in [-0.4, -0.2) is 14.9 Å². The predicted octanol–water partition coefficient (Wildman–Crippen LogP) is 1.96. The van der Waals surface area contributed by atoms with Crippen LogP contribution >= 0.6 is 0 Å². The molecule has 0 aliphatic carbocycles. The molecular weight excluding hydrogens is 202 g/mol. The van der Waals surface area contributed by atoms with E-state index in [4.69, 9.17) is 5.26 Å². The van der Waals surface area contributed by atoms with Crippen molar-refractivity contribution in [3.8, 4) is 23.1 Å². The Morgan fingerprint density at radius 1 is 1.38 bits per heavy atom. The van der Waals surface area contributed by atoms with Crippen molar-refractivity contribution in [3.63, 3.8) is 0 Å². The molecule has 2 aromatic rings. The molecule has 0 bridgehead atoms. The predicted molar refractivity (Wildman–Crippen MR) is 59.4 cm³/mol. The Hall–Kier alpha value is -2.28. The van der Waals surface area contributed by atoms with Crippen molar-refractivity contribution in [3.05, 3.63) is 42.9 Å². The van der Waals surface area contributed by atoms with E-state index in [9.17, 15) is 5.11 Å². The summed E-state index contributed by atoms with van der Waals surface area (Å²) in [6, 6.07) is 9.01. The fraction of sp³-hybridized carbons (Fsp3) is 0.0833. The van der Waals surface area contributed by atoms with Crippen LogP contribution in [0, 0.1) is 18.3 Å². The van der Waals surface area contributed by atoms with E-state index in [-0.39, 0.29) is 5.88 Å². The Bertz CT molecular complexity index is 534. The van der Waals surface area contributed by atoms with Crippen LogP contribution in [0.3, 0.4) is 0 Å². The second-order valence-corrected chi connectivity index (χ2v) is 3.29. The van der Waals surface area contributed by atoms with Crippen molar-refractivity contribution < 1.29 is 5.11 Å². The summed E-state index contributed by atoms with van der Waals surface area (Å²) >= 11 is 0. The van der Waals surface area contributed by atoms with Crippen molar-refractivity contribution in [2.24, 2.45) is 0 Å². The number of nitrogens with zero attached hydrogens (tertiary/aromatic N) is 3. The molecule has 0 fully saturated rings. The quantitative estimate of drug-likeness (QED) is 0.827. The molecule has 0 saturated heterocycles. The van der Waals surface area contributed by atoms with Crippen molar-refractivity contribution in [1.82, 2.24) is 9.78 Å². The van der Waals surface area contributed by atoms with Gasteiger partial charge in [-0.2, -0.15) is 10.4 Å². The van der Waals surface area contributed by atoms with Crippen LogP contribution in [0.5, 0.6) is 5.88 Å². The molecule has 0 aliphatic rings. The first-order chi connectivity index (χ1) is 7.76. The zero-order valence-corrected chi connectivity index (χ0v) is 8.59. The van der Waals surface area contributed by atoms with Crippen LogP contribution < -0.4 is 0 Å². The highest BCUT2D eigenvalue weighted by Gasteiger charge is 2.09. The summed E-state index contributed by atoms with van der Waals surface area (Å²) in [5.74, 6) is 0.0970. The van der Waals surface area contributed by atoms with Gasteiger partial charge in [-0.3, -0.25) is 0 Å². The number of aromatic nitrogens is 2. The van der Waals surface area contributed by atoms with Gasteiger partial charge in [0.05, 0.1) is 23.4 Å². The minimum Gasteiger partial charge on any atom is -0.493 e. The van der Waals surface area contributed by atoms with Crippen molar-refractivity contribution in [1.29, 1.82) is 5.26 Å². The third kappa shape index (κ3) is 1.63. The fourth-order valence-electron chi connectivity index (χ4n) is 1.47. The van der Waals surface area contributed by atoms with Crippen molar-refractivity contribution >= 4 is 0 Å². The molecule has 79 valence electrons. The van der Waals surface area contributed by atoms with Crippen molar-refractivity contribution in [2.45, 2.75) is 6.54 Å². The second-order valence-electron chi connectivity index (χ2n) is 3.29. The molecule has 1 aromatic carbocycles. The maximum absolute atomic E-state index is 9.80. The first-order valence-corrected chi connectivity index (χ1v) is 4.81. The van der Waals surface area contributed by atoms with Gasteiger partial charge < -0.3 is 5.11 Å². The van der Waals surface area contributed by atoms with E-state index in [1.165, 1.54) is 4.68 Å². The average Bonchev–Trinajstić information content (AvgIpc) is 2.70. The van der Waals surface area contributed by atoms with Crippen molar-refractivity contribution in [2.75, 3.05) is 0 Å². The number of hydrogen-bond acceptors (Lipinski definition) is 3. The van der Waals surface area contributed by atoms with Gasteiger partial charge in [0.1, 0.15) is 0 Å². The maximum atomic E-state index is 9.80. The summed E-state index contributed by atoms with van der Waals surface area (Å²) in [5.41, 5.74) is 2.07. The lowest BCUT2D eigenvalue weighted by molar-refractivity contribution is 0.412. The summed E-state index contributed by atoms with van der Waals surface area (Å²) in [6.45, 7) is 4.03. The monoisotopic (exact) mass is 212 g/mol. The number of nitriles is 1. The third-order valence-corrected chi connectivity index (χ3v) is 2.35. The zero-order valence-electron chi connectivity index (χ0n) is 8.59. The fourth-order valence-corrected chi connectivity index (χ4v) is 1.47. The third-order valence-electron chi connectivity index (χ3n) is 2.35. The van der Waals surface area contributed by atoms with Gasteiger partial charge in [0.2, 0.25) is 5.88 Å². The Labute approximate surface area is 93.4 Å². The van der Waals surface area contributed by atoms with Crippen LogP contribution in [0.25, 0.3) is 11.1 Å². The van der Waals surface area contributed by atoms with E-state index in [1.54, 1.807) is 30.5 Å². The molecule has 4 nitrogen and oxygen atoms in total. The minimum absolute atomic E-state index is 0.0970. The standard InChI is InChI=1S/C12H10N3O/c1-2-15-12(16)11(8-14-15)10-5-3-9(7-13)4-6-10/h3-6,8,16H,1-2H2. The topological polar surface area (TPSA) is 61.8 Å². The van der Waals surface area contributed by atoms with Crippen LogP contribution in [0.1, 0.15) is 5.56 Å². The molecule has 16 heavy (non-hydrogen) atoms. The highest BCUT2D eigenvalue weighted by atomic mass is 16.3. The normalized spacial score (nSPS) is 10.0. The first-order valence-electron chi connectivity index (χ1n) is 4.81. The van der Waals surface area contributed by atoms with Gasteiger partial charge >= 0.3 is 0 Å². The van der Waals surface area contributed by atoms with E-state index in [0.29, 0.717) is 17.7 Å². The van der Waals surface area contributed by atoms with Gasteiger partial charge in [-0.1, -0.05) is 12.1 Å². The minimum atomic E-state index is 0.0970. The summed E-state index contributed by atoms with van der Waals surface area (Å²) < 4.78 is 1.41. The number of benzene rings is 1. The molecule has 2 rings (SSSR count). The van der Waals surface area contributed by atoms with Crippen LogP contribution in [-0.2, 0) is 6.54 Å². The molecule has 0 amide bonds. The molecule has 4 heteroatoms. The highest BCUT2D eigenvalue weighted by molar-refractivity contribution is 5.68. The Balaban J connectivity index is 2.43. The van der Waals surface area contributed by atoms with Gasteiger partial charge in [0.25, 0.3) is 0 Å². The van der Waals surface area contributed by atoms with Crippen LogP contribution in [0.4, 0.5) is 0 Å². The number of rotatable bonds is 2. The van der Waals surface area contributed by atoms with E-state index in [1.807, 2.05) is 6.07 Å². The molecule has 0 spiro atoms. The van der Waals surface area contributed by atoms with Crippen LogP contribution in [0.15, 0.2) is 30.5 Å².